The van der Waals surface area contributed by atoms with Crippen molar-refractivity contribution in [2.75, 3.05) is 0 Å². The molecule has 0 saturated carbocycles. The lowest BCUT2D eigenvalue weighted by Crippen LogP contribution is -2.15. The van der Waals surface area contributed by atoms with Crippen LogP contribution in [0.5, 0.6) is 0 Å². The summed E-state index contributed by atoms with van der Waals surface area (Å²) in [4.78, 5) is 0.499. The first kappa shape index (κ1) is 15.8. The first-order chi connectivity index (χ1) is 8.36. The van der Waals surface area contributed by atoms with Gasteiger partial charge in [-0.05, 0) is 41.7 Å². The van der Waals surface area contributed by atoms with E-state index in [-0.39, 0.29) is 5.41 Å². The predicted octanol–water partition coefficient (Wildman–Crippen LogP) is 6.25. The highest BCUT2D eigenvalue weighted by atomic mass is 79.9. The fourth-order valence-electron chi connectivity index (χ4n) is 1.99. The molecule has 1 rings (SSSR count). The Morgan fingerprint density at radius 2 is 1.61 bits per heavy atom. The first-order valence-corrected chi connectivity index (χ1v) is 8.03. The SMILES string of the molecule is CCC(C)(C)c1ccc(C(Br)CCC(C)C)cc1. The molecule has 1 atom stereocenters. The number of rotatable bonds is 6. The van der Waals surface area contributed by atoms with Gasteiger partial charge in [0.2, 0.25) is 0 Å². The van der Waals surface area contributed by atoms with Gasteiger partial charge in [-0.2, -0.15) is 0 Å². The Balaban J connectivity index is 2.70. The van der Waals surface area contributed by atoms with Gasteiger partial charge in [-0.25, -0.2) is 0 Å². The third kappa shape index (κ3) is 4.42. The van der Waals surface area contributed by atoms with E-state index in [0.29, 0.717) is 4.83 Å². The summed E-state index contributed by atoms with van der Waals surface area (Å²) < 4.78 is 0. The van der Waals surface area contributed by atoms with E-state index in [2.05, 4.69) is 74.8 Å². The largest absolute Gasteiger partial charge is 0.0839 e. The smallest absolute Gasteiger partial charge is 0.0395 e. The van der Waals surface area contributed by atoms with Gasteiger partial charge in [-0.3, -0.25) is 0 Å². The van der Waals surface area contributed by atoms with Crippen LogP contribution in [0.4, 0.5) is 0 Å². The van der Waals surface area contributed by atoms with Crippen molar-refractivity contribution in [1.82, 2.24) is 0 Å². The van der Waals surface area contributed by atoms with Gasteiger partial charge in [0.15, 0.2) is 0 Å². The highest BCUT2D eigenvalue weighted by molar-refractivity contribution is 9.09. The van der Waals surface area contributed by atoms with E-state index in [1.807, 2.05) is 0 Å². The average Bonchev–Trinajstić information content (AvgIpc) is 2.36. The maximum atomic E-state index is 3.81. The van der Waals surface area contributed by atoms with Crippen LogP contribution in [0.3, 0.4) is 0 Å². The molecule has 0 fully saturated rings. The molecule has 0 spiro atoms. The van der Waals surface area contributed by atoms with Crippen molar-refractivity contribution in [3.63, 3.8) is 0 Å². The minimum atomic E-state index is 0.290. The van der Waals surface area contributed by atoms with Gasteiger partial charge in [0, 0.05) is 4.83 Å². The lowest BCUT2D eigenvalue weighted by molar-refractivity contribution is 0.506. The molecule has 0 amide bonds. The Labute approximate surface area is 121 Å². The van der Waals surface area contributed by atoms with Crippen molar-refractivity contribution in [3.05, 3.63) is 35.4 Å². The summed E-state index contributed by atoms with van der Waals surface area (Å²) in [7, 11) is 0. The van der Waals surface area contributed by atoms with Crippen LogP contribution >= 0.6 is 15.9 Å². The van der Waals surface area contributed by atoms with Crippen LogP contribution in [0.15, 0.2) is 24.3 Å². The molecule has 0 saturated heterocycles. The van der Waals surface area contributed by atoms with Crippen LogP contribution in [-0.4, -0.2) is 0 Å². The predicted molar refractivity (Wildman–Crippen MR) is 85.5 cm³/mol. The minimum absolute atomic E-state index is 0.290. The molecule has 0 nitrogen and oxygen atoms in total. The molecule has 102 valence electrons. The number of hydrogen-bond acceptors (Lipinski definition) is 0. The van der Waals surface area contributed by atoms with Crippen LogP contribution in [-0.2, 0) is 5.41 Å². The van der Waals surface area contributed by atoms with Gasteiger partial charge in [-0.15, -0.1) is 0 Å². The van der Waals surface area contributed by atoms with E-state index in [4.69, 9.17) is 0 Å². The summed E-state index contributed by atoms with van der Waals surface area (Å²) in [5.74, 6) is 0.781. The van der Waals surface area contributed by atoms with Crippen molar-refractivity contribution < 1.29 is 0 Å². The third-order valence-corrected chi connectivity index (χ3v) is 4.92. The summed E-state index contributed by atoms with van der Waals surface area (Å²) in [6.45, 7) is 11.4. The molecule has 0 aliphatic heterocycles. The molecule has 0 aliphatic rings. The second-order valence-corrected chi connectivity index (χ2v) is 7.40. The molecule has 1 unspecified atom stereocenters. The van der Waals surface area contributed by atoms with Crippen molar-refractivity contribution in [3.8, 4) is 0 Å². The van der Waals surface area contributed by atoms with Crippen LogP contribution < -0.4 is 0 Å². The van der Waals surface area contributed by atoms with Crippen LogP contribution in [0.25, 0.3) is 0 Å². The summed E-state index contributed by atoms with van der Waals surface area (Å²) in [6.07, 6.45) is 3.67. The van der Waals surface area contributed by atoms with Gasteiger partial charge < -0.3 is 0 Å². The third-order valence-electron chi connectivity index (χ3n) is 3.94. The highest BCUT2D eigenvalue weighted by Crippen LogP contribution is 2.32. The average molecular weight is 311 g/mol. The molecule has 1 aromatic carbocycles. The van der Waals surface area contributed by atoms with Gasteiger partial charge in [0.25, 0.3) is 0 Å². The second-order valence-electron chi connectivity index (χ2n) is 6.30. The topological polar surface area (TPSA) is 0 Å². The molecule has 0 N–H and O–H groups in total. The number of hydrogen-bond donors (Lipinski definition) is 0. The summed E-state index contributed by atoms with van der Waals surface area (Å²) in [5, 5.41) is 0. The fraction of sp³-hybridized carbons (Fsp3) is 0.647. The summed E-state index contributed by atoms with van der Waals surface area (Å²) >= 11 is 3.81. The monoisotopic (exact) mass is 310 g/mol. The van der Waals surface area contributed by atoms with Crippen molar-refractivity contribution in [2.45, 2.75) is 64.1 Å². The van der Waals surface area contributed by atoms with Crippen molar-refractivity contribution >= 4 is 15.9 Å². The Bertz CT molecular complexity index is 348. The maximum absolute atomic E-state index is 3.81. The van der Waals surface area contributed by atoms with Crippen LogP contribution in [0.1, 0.15) is 69.8 Å². The Morgan fingerprint density at radius 3 is 2.06 bits per heavy atom. The summed E-state index contributed by atoms with van der Waals surface area (Å²) in [5.41, 5.74) is 3.14. The van der Waals surface area contributed by atoms with E-state index in [9.17, 15) is 0 Å². The molecular formula is C17H27Br. The molecule has 1 heteroatoms. The van der Waals surface area contributed by atoms with Gasteiger partial charge >= 0.3 is 0 Å². The second kappa shape index (κ2) is 6.75. The Morgan fingerprint density at radius 1 is 1.06 bits per heavy atom. The van der Waals surface area contributed by atoms with E-state index in [1.165, 1.54) is 30.4 Å². The maximum Gasteiger partial charge on any atom is 0.0395 e. The van der Waals surface area contributed by atoms with E-state index >= 15 is 0 Å². The zero-order chi connectivity index (χ0) is 13.8. The lowest BCUT2D eigenvalue weighted by atomic mass is 9.82. The van der Waals surface area contributed by atoms with Gasteiger partial charge in [0.1, 0.15) is 0 Å². The van der Waals surface area contributed by atoms with E-state index in [1.54, 1.807) is 0 Å². The molecule has 18 heavy (non-hydrogen) atoms. The quantitative estimate of drug-likeness (QED) is 0.545. The molecule has 0 aromatic heterocycles. The van der Waals surface area contributed by atoms with Crippen molar-refractivity contribution in [2.24, 2.45) is 5.92 Å². The molecular weight excluding hydrogens is 284 g/mol. The van der Waals surface area contributed by atoms with E-state index in [0.717, 1.165) is 5.92 Å². The molecule has 1 aromatic rings. The van der Waals surface area contributed by atoms with Crippen LogP contribution in [0, 0.1) is 5.92 Å². The molecule has 0 aliphatic carbocycles. The highest BCUT2D eigenvalue weighted by Gasteiger charge is 2.18. The Kier molecular flexibility index (Phi) is 5.91. The summed E-state index contributed by atoms with van der Waals surface area (Å²) in [6, 6.07) is 9.16. The minimum Gasteiger partial charge on any atom is -0.0839 e. The number of halogens is 1. The van der Waals surface area contributed by atoms with E-state index < -0.39 is 0 Å². The molecule has 0 bridgehead atoms. The fourth-order valence-corrected chi connectivity index (χ4v) is 2.56. The number of alkyl halides is 1. The van der Waals surface area contributed by atoms with Gasteiger partial charge in [-0.1, -0.05) is 74.8 Å². The molecule has 0 heterocycles. The molecule has 0 radical (unpaired) electrons. The van der Waals surface area contributed by atoms with Crippen LogP contribution in [0.2, 0.25) is 0 Å². The zero-order valence-corrected chi connectivity index (χ0v) is 14.0. The standard InChI is InChI=1S/C17H27Br/c1-6-17(4,5)15-10-8-14(9-11-15)16(18)12-7-13(2)3/h8-11,13,16H,6-7,12H2,1-5H3. The van der Waals surface area contributed by atoms with Crippen molar-refractivity contribution in [1.29, 1.82) is 0 Å². The van der Waals surface area contributed by atoms with Gasteiger partial charge in [0.05, 0.1) is 0 Å². The zero-order valence-electron chi connectivity index (χ0n) is 12.5. The first-order valence-electron chi connectivity index (χ1n) is 7.11. The number of benzene rings is 1. The normalized spacial score (nSPS) is 13.9. The lowest BCUT2D eigenvalue weighted by Gasteiger charge is -2.24. The Hall–Kier alpha value is -0.300.